The molecule has 3 rings (SSSR count). The minimum atomic E-state index is 1.13. The van der Waals surface area contributed by atoms with Crippen LogP contribution in [0.4, 0.5) is 0 Å². The van der Waals surface area contributed by atoms with Crippen LogP contribution in [-0.2, 0) is 6.42 Å². The molecule has 1 aliphatic rings. The largest absolute Gasteiger partial charge is 0.0655 e. The second-order valence-corrected chi connectivity index (χ2v) is 5.47. The molecule has 0 spiro atoms. The minimum Gasteiger partial charge on any atom is -0.0655 e. The van der Waals surface area contributed by atoms with Gasteiger partial charge >= 0.3 is 0 Å². The molecule has 0 nitrogen and oxygen atoms in total. The molecule has 0 N–H and O–H groups in total. The third-order valence-corrected chi connectivity index (χ3v) is 4.26. The Morgan fingerprint density at radius 2 is 1.79 bits per heavy atom. The number of hydrogen-bond acceptors (Lipinski definition) is 0. The summed E-state index contributed by atoms with van der Waals surface area (Å²) in [6, 6.07) is 13.2. The molecule has 0 saturated carbocycles. The summed E-state index contributed by atoms with van der Waals surface area (Å²) >= 11 is 0. The van der Waals surface area contributed by atoms with Gasteiger partial charge in [0.05, 0.1) is 0 Å². The van der Waals surface area contributed by atoms with Gasteiger partial charge in [0.1, 0.15) is 0 Å². The van der Waals surface area contributed by atoms with Crippen molar-refractivity contribution >= 4 is 6.08 Å². The molecule has 0 bridgehead atoms. The van der Waals surface area contributed by atoms with Crippen molar-refractivity contribution in [1.82, 2.24) is 0 Å². The smallest absolute Gasteiger partial charge is 0.00576 e. The molecule has 0 saturated heterocycles. The van der Waals surface area contributed by atoms with E-state index in [1.54, 1.807) is 5.57 Å². The average Bonchev–Trinajstić information content (AvgIpc) is 2.83. The van der Waals surface area contributed by atoms with E-state index in [9.17, 15) is 0 Å². The van der Waals surface area contributed by atoms with Gasteiger partial charge in [-0.1, -0.05) is 55.0 Å². The maximum absolute atomic E-state index is 2.41. The first-order valence-electron chi connectivity index (χ1n) is 7.08. The Kier molecular flexibility index (Phi) is 3.02. The van der Waals surface area contributed by atoms with Gasteiger partial charge < -0.3 is 0 Å². The van der Waals surface area contributed by atoms with E-state index in [2.05, 4.69) is 63.2 Å². The van der Waals surface area contributed by atoms with Crippen molar-refractivity contribution in [2.75, 3.05) is 0 Å². The van der Waals surface area contributed by atoms with Crippen molar-refractivity contribution in [3.8, 4) is 11.1 Å². The van der Waals surface area contributed by atoms with E-state index in [0.717, 1.165) is 12.8 Å². The van der Waals surface area contributed by atoms with Crippen LogP contribution >= 0.6 is 0 Å². The molecule has 0 aliphatic heterocycles. The van der Waals surface area contributed by atoms with Crippen LogP contribution in [0.25, 0.3) is 17.2 Å². The molecule has 0 fully saturated rings. The third kappa shape index (κ3) is 2.02. The van der Waals surface area contributed by atoms with Crippen LogP contribution in [0.5, 0.6) is 0 Å². The maximum atomic E-state index is 2.41. The topological polar surface area (TPSA) is 0 Å². The lowest BCUT2D eigenvalue weighted by atomic mass is 9.90. The summed E-state index contributed by atoms with van der Waals surface area (Å²) < 4.78 is 0. The first-order valence-corrected chi connectivity index (χ1v) is 7.08. The van der Waals surface area contributed by atoms with Crippen LogP contribution in [0, 0.1) is 13.8 Å². The highest BCUT2D eigenvalue weighted by Crippen LogP contribution is 2.38. The van der Waals surface area contributed by atoms with Gasteiger partial charge in [-0.05, 0) is 60.1 Å². The van der Waals surface area contributed by atoms with E-state index in [0.29, 0.717) is 0 Å². The number of allylic oxidation sites excluding steroid dienone is 1. The van der Waals surface area contributed by atoms with Crippen molar-refractivity contribution in [2.45, 2.75) is 33.6 Å². The summed E-state index contributed by atoms with van der Waals surface area (Å²) in [6.45, 7) is 6.72. The molecule has 1 aliphatic carbocycles. The molecule has 96 valence electrons. The standard InChI is InChI=1S/C19H20/c1-4-15-11-17-10-13(2)14(3)19(18(17)12-15)16-8-6-5-7-9-16/h5-10,12H,4,11H2,1-3H3. The number of fused-ring (bicyclic) bond motifs is 1. The lowest BCUT2D eigenvalue weighted by molar-refractivity contribution is 1.04. The van der Waals surface area contributed by atoms with Crippen LogP contribution in [0.3, 0.4) is 0 Å². The fourth-order valence-electron chi connectivity index (χ4n) is 3.02. The molecule has 0 amide bonds. The van der Waals surface area contributed by atoms with Crippen LogP contribution in [0.1, 0.15) is 35.6 Å². The van der Waals surface area contributed by atoms with E-state index in [1.165, 1.54) is 33.4 Å². The van der Waals surface area contributed by atoms with Crippen molar-refractivity contribution in [1.29, 1.82) is 0 Å². The number of rotatable bonds is 2. The second kappa shape index (κ2) is 4.70. The molecule has 0 heterocycles. The minimum absolute atomic E-state index is 1.13. The third-order valence-electron chi connectivity index (χ3n) is 4.26. The van der Waals surface area contributed by atoms with Gasteiger partial charge in [0.15, 0.2) is 0 Å². The first kappa shape index (κ1) is 12.2. The zero-order chi connectivity index (χ0) is 13.4. The molecule has 0 unspecified atom stereocenters. The van der Waals surface area contributed by atoms with Gasteiger partial charge in [0.2, 0.25) is 0 Å². The van der Waals surface area contributed by atoms with Gasteiger partial charge in [-0.2, -0.15) is 0 Å². The molecular weight excluding hydrogens is 228 g/mol. The van der Waals surface area contributed by atoms with E-state index >= 15 is 0 Å². The van der Waals surface area contributed by atoms with E-state index in [4.69, 9.17) is 0 Å². The van der Waals surface area contributed by atoms with Gasteiger partial charge in [-0.25, -0.2) is 0 Å². The van der Waals surface area contributed by atoms with E-state index in [-0.39, 0.29) is 0 Å². The van der Waals surface area contributed by atoms with Crippen LogP contribution in [-0.4, -0.2) is 0 Å². The Balaban J connectivity index is 2.27. The average molecular weight is 248 g/mol. The SMILES string of the molecule is CCC1=Cc2c(cc(C)c(C)c2-c2ccccc2)C1. The summed E-state index contributed by atoms with van der Waals surface area (Å²) in [7, 11) is 0. The number of benzene rings is 2. The van der Waals surface area contributed by atoms with Gasteiger partial charge in [-0.15, -0.1) is 0 Å². The summed E-state index contributed by atoms with van der Waals surface area (Å²) in [5.41, 5.74) is 10.1. The predicted molar refractivity (Wildman–Crippen MR) is 83.3 cm³/mol. The van der Waals surface area contributed by atoms with Crippen LogP contribution in [0.15, 0.2) is 42.0 Å². The molecule has 0 aromatic heterocycles. The van der Waals surface area contributed by atoms with Gasteiger partial charge in [0.25, 0.3) is 0 Å². The van der Waals surface area contributed by atoms with Crippen molar-refractivity contribution < 1.29 is 0 Å². The Morgan fingerprint density at radius 3 is 2.47 bits per heavy atom. The van der Waals surface area contributed by atoms with E-state index in [1.807, 2.05) is 0 Å². The summed E-state index contributed by atoms with van der Waals surface area (Å²) in [6.07, 6.45) is 4.69. The normalized spacial score (nSPS) is 13.3. The highest BCUT2D eigenvalue weighted by atomic mass is 14.2. The lowest BCUT2D eigenvalue weighted by Gasteiger charge is -2.14. The fraction of sp³-hybridized carbons (Fsp3) is 0.263. The van der Waals surface area contributed by atoms with Crippen molar-refractivity contribution in [3.63, 3.8) is 0 Å². The second-order valence-electron chi connectivity index (χ2n) is 5.47. The Bertz CT molecular complexity index is 645. The number of aryl methyl sites for hydroxylation is 1. The Hall–Kier alpha value is -1.82. The molecule has 2 aromatic carbocycles. The van der Waals surface area contributed by atoms with Crippen LogP contribution < -0.4 is 0 Å². The lowest BCUT2D eigenvalue weighted by Crippen LogP contribution is -1.95. The molecule has 19 heavy (non-hydrogen) atoms. The fourth-order valence-corrected chi connectivity index (χ4v) is 3.02. The number of hydrogen-bond donors (Lipinski definition) is 0. The summed E-state index contributed by atoms with van der Waals surface area (Å²) in [4.78, 5) is 0. The summed E-state index contributed by atoms with van der Waals surface area (Å²) in [5.74, 6) is 0. The molecule has 2 aromatic rings. The Morgan fingerprint density at radius 1 is 1.05 bits per heavy atom. The summed E-state index contributed by atoms with van der Waals surface area (Å²) in [5, 5.41) is 0. The van der Waals surface area contributed by atoms with Gasteiger partial charge in [-0.3, -0.25) is 0 Å². The monoisotopic (exact) mass is 248 g/mol. The highest BCUT2D eigenvalue weighted by molar-refractivity contribution is 5.83. The first-order chi connectivity index (χ1) is 9.20. The van der Waals surface area contributed by atoms with Crippen molar-refractivity contribution in [3.05, 3.63) is 64.2 Å². The molecule has 0 radical (unpaired) electrons. The zero-order valence-electron chi connectivity index (χ0n) is 12.0. The van der Waals surface area contributed by atoms with Crippen LogP contribution in [0.2, 0.25) is 0 Å². The highest BCUT2D eigenvalue weighted by Gasteiger charge is 2.18. The molecular formula is C19H20. The van der Waals surface area contributed by atoms with Gasteiger partial charge in [0, 0.05) is 0 Å². The van der Waals surface area contributed by atoms with E-state index < -0.39 is 0 Å². The Labute approximate surface area is 115 Å². The quantitative estimate of drug-likeness (QED) is 0.674. The predicted octanol–water partition coefficient (Wildman–Crippen LogP) is 5.32. The maximum Gasteiger partial charge on any atom is -0.00576 e. The molecule has 0 heteroatoms. The van der Waals surface area contributed by atoms with Crippen molar-refractivity contribution in [2.24, 2.45) is 0 Å². The zero-order valence-corrected chi connectivity index (χ0v) is 12.0. The molecule has 0 atom stereocenters.